The number of aromatic nitrogens is 2. The Morgan fingerprint density at radius 1 is 0.800 bits per heavy atom. The van der Waals surface area contributed by atoms with Crippen LogP contribution in [0.1, 0.15) is 24.7 Å². The number of halogens is 8. The maximum Gasteiger partial charge on any atom is 0.462 e. The highest BCUT2D eigenvalue weighted by atomic mass is 19.3. The Morgan fingerprint density at radius 3 is 2.03 bits per heavy atom. The fraction of sp³-hybridized carbons (Fsp3) is 0.167. The molecule has 0 saturated heterocycles. The third-order valence-electron chi connectivity index (χ3n) is 5.13. The minimum Gasteiger partial charge on any atom is -0.423 e. The van der Waals surface area contributed by atoms with Gasteiger partial charge in [0.05, 0.1) is 5.39 Å². The maximum absolute atomic E-state index is 15.0. The topological polar surface area (TPSA) is 35.0 Å². The van der Waals surface area contributed by atoms with E-state index < -0.39 is 74.5 Å². The van der Waals surface area contributed by atoms with E-state index in [9.17, 15) is 30.7 Å². The highest BCUT2D eigenvalue weighted by molar-refractivity contribution is 5.90. The van der Waals surface area contributed by atoms with Crippen molar-refractivity contribution in [2.75, 3.05) is 0 Å². The Labute approximate surface area is 193 Å². The zero-order chi connectivity index (χ0) is 25.5. The van der Waals surface area contributed by atoms with Crippen molar-refractivity contribution in [3.63, 3.8) is 0 Å². The molecule has 0 atom stereocenters. The Hall–Kier alpha value is -3.76. The Bertz CT molecular complexity index is 1400. The lowest BCUT2D eigenvalue weighted by molar-refractivity contribution is -0.193. The molecule has 11 heteroatoms. The van der Waals surface area contributed by atoms with Gasteiger partial charge in [-0.05, 0) is 41.1 Å². The molecule has 0 aliphatic heterocycles. The fourth-order valence-electron chi connectivity index (χ4n) is 3.47. The van der Waals surface area contributed by atoms with Crippen LogP contribution in [0.5, 0.6) is 5.75 Å². The Balaban J connectivity index is 1.75. The van der Waals surface area contributed by atoms with Gasteiger partial charge in [0.1, 0.15) is 5.82 Å². The summed E-state index contributed by atoms with van der Waals surface area (Å²) in [6.45, 7) is 1.87. The van der Waals surface area contributed by atoms with Gasteiger partial charge in [-0.15, -0.1) is 0 Å². The molecule has 35 heavy (non-hydrogen) atoms. The molecule has 3 aromatic carbocycles. The highest BCUT2D eigenvalue weighted by Gasteiger charge is 2.40. The van der Waals surface area contributed by atoms with Crippen molar-refractivity contribution < 1.29 is 39.9 Å². The molecule has 0 spiro atoms. The number of rotatable bonds is 6. The smallest absolute Gasteiger partial charge is 0.423 e. The molecular formula is C24H14F8N2O. The summed E-state index contributed by atoms with van der Waals surface area (Å²) in [4.78, 5) is 7.02. The van der Waals surface area contributed by atoms with E-state index in [2.05, 4.69) is 14.7 Å². The van der Waals surface area contributed by atoms with Crippen LogP contribution in [-0.2, 0) is 12.5 Å². The first kappa shape index (κ1) is 24.4. The first-order valence-electron chi connectivity index (χ1n) is 10.2. The minimum absolute atomic E-state index is 0.391. The van der Waals surface area contributed by atoms with Gasteiger partial charge >= 0.3 is 6.11 Å². The molecule has 0 saturated carbocycles. The van der Waals surface area contributed by atoms with E-state index in [4.69, 9.17) is 0 Å². The SMILES string of the molecule is CCCc1cnc(C(F)(F)Oc2cc3ccc(-c4cc(F)c(F)c(F)c4)c(F)c3c(F)c2F)nc1. The molecule has 0 bridgehead atoms. The van der Waals surface area contributed by atoms with Crippen LogP contribution in [0.4, 0.5) is 35.1 Å². The fourth-order valence-corrected chi connectivity index (χ4v) is 3.47. The van der Waals surface area contributed by atoms with Crippen molar-refractivity contribution in [1.29, 1.82) is 0 Å². The maximum atomic E-state index is 15.0. The van der Waals surface area contributed by atoms with Gasteiger partial charge in [0, 0.05) is 18.0 Å². The van der Waals surface area contributed by atoms with E-state index in [-0.39, 0.29) is 0 Å². The van der Waals surface area contributed by atoms with Crippen molar-refractivity contribution in [3.05, 3.63) is 89.0 Å². The number of hydrogen-bond donors (Lipinski definition) is 0. The number of benzene rings is 3. The molecule has 0 fully saturated rings. The minimum atomic E-state index is -4.26. The second-order valence-corrected chi connectivity index (χ2v) is 7.57. The lowest BCUT2D eigenvalue weighted by atomic mass is 9.99. The summed E-state index contributed by atoms with van der Waals surface area (Å²) in [6, 6.07) is 3.52. The summed E-state index contributed by atoms with van der Waals surface area (Å²) < 4.78 is 118. The highest BCUT2D eigenvalue weighted by Crippen LogP contribution is 2.38. The van der Waals surface area contributed by atoms with E-state index in [1.54, 1.807) is 0 Å². The van der Waals surface area contributed by atoms with Crippen molar-refractivity contribution in [2.45, 2.75) is 25.9 Å². The molecule has 0 unspecified atom stereocenters. The van der Waals surface area contributed by atoms with E-state index >= 15 is 4.39 Å². The summed E-state index contributed by atoms with van der Waals surface area (Å²) in [5.74, 6) is -12.6. The normalized spacial score (nSPS) is 11.8. The summed E-state index contributed by atoms with van der Waals surface area (Å²) in [5, 5.41) is -1.38. The summed E-state index contributed by atoms with van der Waals surface area (Å²) in [6.07, 6.45) is -0.688. The van der Waals surface area contributed by atoms with Crippen molar-refractivity contribution in [3.8, 4) is 16.9 Å². The van der Waals surface area contributed by atoms with Gasteiger partial charge in [-0.2, -0.15) is 13.2 Å². The van der Waals surface area contributed by atoms with Gasteiger partial charge < -0.3 is 4.74 Å². The van der Waals surface area contributed by atoms with Crippen LogP contribution in [0.15, 0.2) is 42.7 Å². The van der Waals surface area contributed by atoms with Gasteiger partial charge in [0.2, 0.25) is 11.6 Å². The van der Waals surface area contributed by atoms with Gasteiger partial charge in [0.15, 0.2) is 29.0 Å². The standard InChI is InChI=1S/C24H14F8N2O/c1-2-3-11-9-33-23(34-10-11)24(31,32)35-17-8-12-4-5-14(19(27)18(12)22(30)21(17)29)13-6-15(25)20(28)16(26)7-13/h4-10H,2-3H2,1H3. The molecule has 1 heterocycles. The van der Waals surface area contributed by atoms with Crippen LogP contribution in [0.25, 0.3) is 21.9 Å². The van der Waals surface area contributed by atoms with E-state index in [1.807, 2.05) is 6.92 Å². The molecule has 1 aromatic heterocycles. The molecule has 0 aliphatic carbocycles. The van der Waals surface area contributed by atoms with Crippen molar-refractivity contribution in [1.82, 2.24) is 9.97 Å². The van der Waals surface area contributed by atoms with E-state index in [0.717, 1.165) is 30.9 Å². The number of fused-ring (bicyclic) bond motifs is 1. The zero-order valence-electron chi connectivity index (χ0n) is 17.8. The van der Waals surface area contributed by atoms with Crippen LogP contribution >= 0.6 is 0 Å². The largest absolute Gasteiger partial charge is 0.462 e. The number of hydrogen-bond acceptors (Lipinski definition) is 3. The van der Waals surface area contributed by atoms with Crippen LogP contribution in [0.3, 0.4) is 0 Å². The Morgan fingerprint density at radius 2 is 1.43 bits per heavy atom. The average Bonchev–Trinajstić information content (AvgIpc) is 2.81. The van der Waals surface area contributed by atoms with Gasteiger partial charge in [-0.1, -0.05) is 25.5 Å². The predicted molar refractivity (Wildman–Crippen MR) is 110 cm³/mol. The molecular weight excluding hydrogens is 484 g/mol. The number of ether oxygens (including phenoxy) is 1. The molecule has 0 amide bonds. The number of nitrogens with zero attached hydrogens (tertiary/aromatic N) is 2. The summed E-state index contributed by atoms with van der Waals surface area (Å²) in [7, 11) is 0. The first-order valence-corrected chi connectivity index (χ1v) is 10.2. The average molecular weight is 498 g/mol. The first-order chi connectivity index (χ1) is 16.5. The van der Waals surface area contributed by atoms with Gasteiger partial charge in [-0.25, -0.2) is 31.9 Å². The molecule has 0 aliphatic rings. The number of alkyl halides is 2. The summed E-state index contributed by atoms with van der Waals surface area (Å²) >= 11 is 0. The molecule has 182 valence electrons. The summed E-state index contributed by atoms with van der Waals surface area (Å²) in [5.41, 5.74) is -0.480. The quantitative estimate of drug-likeness (QED) is 0.208. The van der Waals surface area contributed by atoms with Gasteiger partial charge in [-0.3, -0.25) is 0 Å². The molecule has 0 N–H and O–H groups in total. The second kappa shape index (κ2) is 9.12. The van der Waals surface area contributed by atoms with Crippen LogP contribution < -0.4 is 4.74 Å². The van der Waals surface area contributed by atoms with Crippen LogP contribution in [-0.4, -0.2) is 9.97 Å². The van der Waals surface area contributed by atoms with E-state index in [0.29, 0.717) is 30.2 Å². The third-order valence-corrected chi connectivity index (χ3v) is 5.13. The van der Waals surface area contributed by atoms with Gasteiger partial charge in [0.25, 0.3) is 0 Å². The predicted octanol–water partition coefficient (Wildman–Crippen LogP) is 7.21. The Kier molecular flexibility index (Phi) is 6.35. The molecule has 3 nitrogen and oxygen atoms in total. The van der Waals surface area contributed by atoms with Crippen molar-refractivity contribution in [2.24, 2.45) is 0 Å². The van der Waals surface area contributed by atoms with Crippen LogP contribution in [0, 0.1) is 34.9 Å². The lowest BCUT2D eigenvalue weighted by Crippen LogP contribution is -2.25. The van der Waals surface area contributed by atoms with Crippen molar-refractivity contribution >= 4 is 10.8 Å². The molecule has 0 radical (unpaired) electrons. The van der Waals surface area contributed by atoms with Crippen LogP contribution in [0.2, 0.25) is 0 Å². The zero-order valence-corrected chi connectivity index (χ0v) is 17.8. The third kappa shape index (κ3) is 4.50. The second-order valence-electron chi connectivity index (χ2n) is 7.57. The lowest BCUT2D eigenvalue weighted by Gasteiger charge is -2.18. The van der Waals surface area contributed by atoms with E-state index in [1.165, 1.54) is 0 Å². The number of aryl methyl sites for hydroxylation is 1. The molecule has 4 aromatic rings. The molecule has 4 rings (SSSR count). The monoisotopic (exact) mass is 498 g/mol.